The molecule has 0 aliphatic carbocycles. The van der Waals surface area contributed by atoms with E-state index in [1.165, 1.54) is 11.1 Å². The number of aliphatic hydroxyl groups excluding tert-OH is 1. The number of hydrogen-bond donors (Lipinski definition) is 2. The summed E-state index contributed by atoms with van der Waals surface area (Å²) in [5.74, 6) is -0.0151. The largest absolute Gasteiger partial charge is 0.504 e. The van der Waals surface area contributed by atoms with Gasteiger partial charge in [-0.05, 0) is 95.8 Å². The van der Waals surface area contributed by atoms with Crippen LogP contribution in [0.2, 0.25) is 0 Å². The van der Waals surface area contributed by atoms with Crippen molar-refractivity contribution in [2.24, 2.45) is 5.92 Å². The Morgan fingerprint density at radius 3 is 2.70 bits per heavy atom. The van der Waals surface area contributed by atoms with Crippen LogP contribution >= 0.6 is 0 Å². The molecule has 0 bridgehead atoms. The third kappa shape index (κ3) is 7.86. The van der Waals surface area contributed by atoms with E-state index in [1.54, 1.807) is 19.5 Å². The molecule has 2 atom stereocenters. The van der Waals surface area contributed by atoms with Crippen LogP contribution in [0.4, 0.5) is 0 Å². The molecular weight excluding hydrogens is 380 g/mol. The monoisotopic (exact) mass is 416 g/mol. The normalized spacial score (nSPS) is 19.3. The predicted octanol–water partition coefficient (Wildman–Crippen LogP) is 6.16. The van der Waals surface area contributed by atoms with Crippen molar-refractivity contribution in [2.75, 3.05) is 0 Å². The molecule has 166 valence electrons. The summed E-state index contributed by atoms with van der Waals surface area (Å²) in [5.41, 5.74) is 2.13. The summed E-state index contributed by atoms with van der Waals surface area (Å²) >= 11 is 0. The van der Waals surface area contributed by atoms with Crippen molar-refractivity contribution in [1.29, 1.82) is 0 Å². The molecule has 0 saturated heterocycles. The number of ether oxygens (including phenoxy) is 1. The minimum atomic E-state index is -0.645. The van der Waals surface area contributed by atoms with Crippen LogP contribution in [0.1, 0.15) is 78.2 Å². The third-order valence-corrected chi connectivity index (χ3v) is 5.70. The highest BCUT2D eigenvalue weighted by Crippen LogP contribution is 2.26. The van der Waals surface area contributed by atoms with E-state index in [0.29, 0.717) is 0 Å². The van der Waals surface area contributed by atoms with E-state index in [4.69, 9.17) is 9.15 Å². The molecule has 2 heterocycles. The Bertz CT molecular complexity index is 780. The van der Waals surface area contributed by atoms with E-state index >= 15 is 0 Å². The van der Waals surface area contributed by atoms with Crippen molar-refractivity contribution < 1.29 is 24.2 Å². The lowest BCUT2D eigenvalue weighted by atomic mass is 9.92. The topological polar surface area (TPSA) is 79.9 Å². The minimum Gasteiger partial charge on any atom is -0.504 e. The van der Waals surface area contributed by atoms with E-state index < -0.39 is 11.6 Å². The summed E-state index contributed by atoms with van der Waals surface area (Å²) in [5, 5.41) is 20.5. The smallest absolute Gasteiger partial charge is 0.343 e. The maximum Gasteiger partial charge on any atom is 0.343 e. The van der Waals surface area contributed by atoms with Crippen molar-refractivity contribution in [1.82, 2.24) is 0 Å². The van der Waals surface area contributed by atoms with Gasteiger partial charge in [-0.25, -0.2) is 4.79 Å². The molecule has 30 heavy (non-hydrogen) atoms. The van der Waals surface area contributed by atoms with Crippen LogP contribution in [0.5, 0.6) is 0 Å². The fraction of sp³-hybridized carbons (Fsp3) is 0.560. The molecule has 1 aliphatic rings. The second-order valence-electron chi connectivity index (χ2n) is 8.83. The second kappa shape index (κ2) is 11.2. The van der Waals surface area contributed by atoms with Gasteiger partial charge in [-0.2, -0.15) is 0 Å². The SMILES string of the molecule is CC(=CCCC(C)(O)CCCc1ccoc1)CCCC(C)C=C1OC(=O)C(C)=C1O. The predicted molar refractivity (Wildman–Crippen MR) is 118 cm³/mol. The Kier molecular flexibility index (Phi) is 8.97. The Morgan fingerprint density at radius 2 is 2.07 bits per heavy atom. The van der Waals surface area contributed by atoms with Crippen LogP contribution in [-0.4, -0.2) is 21.8 Å². The number of allylic oxidation sites excluding steroid dienone is 3. The lowest BCUT2D eigenvalue weighted by Crippen LogP contribution is -2.23. The Morgan fingerprint density at radius 1 is 1.30 bits per heavy atom. The van der Waals surface area contributed by atoms with Gasteiger partial charge in [0.05, 0.1) is 23.7 Å². The molecule has 5 heteroatoms. The van der Waals surface area contributed by atoms with Crippen molar-refractivity contribution in [2.45, 2.75) is 84.7 Å². The Balaban J connectivity index is 1.64. The third-order valence-electron chi connectivity index (χ3n) is 5.70. The summed E-state index contributed by atoms with van der Waals surface area (Å²) < 4.78 is 10.2. The summed E-state index contributed by atoms with van der Waals surface area (Å²) in [7, 11) is 0. The van der Waals surface area contributed by atoms with E-state index in [1.807, 2.05) is 19.1 Å². The summed E-state index contributed by atoms with van der Waals surface area (Å²) in [6.45, 7) is 7.67. The molecular formula is C25H36O5. The van der Waals surface area contributed by atoms with E-state index in [-0.39, 0.29) is 23.0 Å². The molecule has 1 aromatic heterocycles. The average molecular weight is 417 g/mol. The maximum absolute atomic E-state index is 11.5. The molecule has 0 saturated carbocycles. The highest BCUT2D eigenvalue weighted by atomic mass is 16.6. The van der Waals surface area contributed by atoms with Crippen molar-refractivity contribution in [3.8, 4) is 0 Å². The number of hydrogen-bond acceptors (Lipinski definition) is 5. The first-order chi connectivity index (χ1) is 14.2. The molecule has 1 aromatic rings. The summed E-state index contributed by atoms with van der Waals surface area (Å²) in [6.07, 6.45) is 14.8. The molecule has 0 radical (unpaired) electrons. The quantitative estimate of drug-likeness (QED) is 0.315. The zero-order valence-corrected chi connectivity index (χ0v) is 18.7. The molecule has 2 rings (SSSR count). The van der Waals surface area contributed by atoms with Gasteiger partial charge in [-0.1, -0.05) is 18.6 Å². The van der Waals surface area contributed by atoms with Gasteiger partial charge >= 0.3 is 5.97 Å². The Labute approximate surface area is 180 Å². The molecule has 0 amide bonds. The number of aryl methyl sites for hydroxylation is 1. The fourth-order valence-electron chi connectivity index (χ4n) is 3.63. The van der Waals surface area contributed by atoms with Crippen molar-refractivity contribution in [3.63, 3.8) is 0 Å². The second-order valence-corrected chi connectivity index (χ2v) is 8.83. The van der Waals surface area contributed by atoms with Crippen LogP contribution in [0.15, 0.2) is 57.8 Å². The standard InChI is InChI=1S/C25H36O5/c1-18(8-5-9-19(2)16-22-23(26)20(3)24(27)30-22)10-6-13-25(4,28)14-7-11-21-12-15-29-17-21/h10,12,15-17,19,26,28H,5-9,11,13-14H2,1-4H3. The van der Waals surface area contributed by atoms with Gasteiger partial charge in [0.2, 0.25) is 0 Å². The molecule has 2 unspecified atom stereocenters. The number of carbonyl (C=O) groups excluding carboxylic acids is 1. The minimum absolute atomic E-state index is 0.0419. The van der Waals surface area contributed by atoms with E-state index in [0.717, 1.165) is 51.4 Å². The first kappa shape index (κ1) is 24.0. The van der Waals surface area contributed by atoms with Crippen LogP contribution in [0.3, 0.4) is 0 Å². The molecule has 2 N–H and O–H groups in total. The molecule has 0 spiro atoms. The fourth-order valence-corrected chi connectivity index (χ4v) is 3.63. The number of esters is 1. The van der Waals surface area contributed by atoms with Crippen LogP contribution in [-0.2, 0) is 16.0 Å². The number of aliphatic hydroxyl groups is 2. The van der Waals surface area contributed by atoms with Gasteiger partial charge in [0, 0.05) is 0 Å². The number of carbonyl (C=O) groups is 1. The first-order valence-corrected chi connectivity index (χ1v) is 10.9. The average Bonchev–Trinajstić information content (AvgIpc) is 3.26. The van der Waals surface area contributed by atoms with Gasteiger partial charge in [0.1, 0.15) is 0 Å². The number of furan rings is 1. The van der Waals surface area contributed by atoms with Crippen molar-refractivity contribution in [3.05, 3.63) is 59.0 Å². The highest BCUT2D eigenvalue weighted by Gasteiger charge is 2.26. The first-order valence-electron chi connectivity index (χ1n) is 10.9. The lowest BCUT2D eigenvalue weighted by molar-refractivity contribution is -0.133. The van der Waals surface area contributed by atoms with Crippen LogP contribution in [0.25, 0.3) is 0 Å². The van der Waals surface area contributed by atoms with Crippen LogP contribution < -0.4 is 0 Å². The summed E-state index contributed by atoms with van der Waals surface area (Å²) in [6, 6.07) is 1.97. The van der Waals surface area contributed by atoms with Crippen LogP contribution in [0, 0.1) is 5.92 Å². The summed E-state index contributed by atoms with van der Waals surface area (Å²) in [4.78, 5) is 11.5. The molecule has 0 fully saturated rings. The Hall–Kier alpha value is -2.27. The maximum atomic E-state index is 11.5. The van der Waals surface area contributed by atoms with Gasteiger partial charge in [-0.3, -0.25) is 0 Å². The van der Waals surface area contributed by atoms with E-state index in [2.05, 4.69) is 19.9 Å². The lowest BCUT2D eigenvalue weighted by Gasteiger charge is -2.22. The molecule has 5 nitrogen and oxygen atoms in total. The zero-order valence-electron chi connectivity index (χ0n) is 18.7. The number of cyclic esters (lactones) is 1. The molecule has 0 aromatic carbocycles. The highest BCUT2D eigenvalue weighted by molar-refractivity contribution is 5.93. The molecule has 1 aliphatic heterocycles. The van der Waals surface area contributed by atoms with Gasteiger partial charge in [-0.15, -0.1) is 0 Å². The number of rotatable bonds is 12. The van der Waals surface area contributed by atoms with Gasteiger partial charge in [0.15, 0.2) is 11.5 Å². The zero-order chi connectivity index (χ0) is 22.1. The van der Waals surface area contributed by atoms with Crippen molar-refractivity contribution >= 4 is 5.97 Å². The van der Waals surface area contributed by atoms with Gasteiger partial charge in [0.25, 0.3) is 0 Å². The van der Waals surface area contributed by atoms with Gasteiger partial charge < -0.3 is 19.4 Å². The van der Waals surface area contributed by atoms with E-state index in [9.17, 15) is 15.0 Å².